The van der Waals surface area contributed by atoms with Gasteiger partial charge in [-0.3, -0.25) is 4.79 Å². The Balaban J connectivity index is 2.19. The molecule has 0 aromatic heterocycles. The number of carbonyl (C=O) groups is 2. The normalized spacial score (nSPS) is 25.4. The molecule has 1 aliphatic rings. The second-order valence-electron chi connectivity index (χ2n) is 5.65. The Hall–Kier alpha value is -1.26. The molecule has 2 N–H and O–H groups in total. The molecule has 2 rings (SSSR count). The highest BCUT2D eigenvalue weighted by Crippen LogP contribution is 2.32. The number of carboxylic acid groups (broad SMARTS) is 1. The van der Waals surface area contributed by atoms with Crippen LogP contribution < -0.4 is 5.32 Å². The highest BCUT2D eigenvalue weighted by molar-refractivity contribution is 6.42. The van der Waals surface area contributed by atoms with Gasteiger partial charge in [0.2, 0.25) is 0 Å². The number of carboxylic acids is 1. The van der Waals surface area contributed by atoms with Crippen LogP contribution in [0.25, 0.3) is 0 Å². The lowest BCUT2D eigenvalue weighted by Crippen LogP contribution is -2.56. The number of nitrogens with one attached hydrogen (secondary N) is 1. The third kappa shape index (κ3) is 3.50. The predicted octanol–water partition coefficient (Wildman–Crippen LogP) is 3.76. The van der Waals surface area contributed by atoms with E-state index < -0.39 is 17.4 Å². The maximum Gasteiger partial charge on any atom is 0.329 e. The molecule has 0 spiro atoms. The van der Waals surface area contributed by atoms with Crippen molar-refractivity contribution in [1.29, 1.82) is 0 Å². The summed E-state index contributed by atoms with van der Waals surface area (Å²) in [5.74, 6) is -0.937. The standard InChI is InChI=1S/C15H17Cl2NO3/c1-9-4-6-15(7-5-9,14(20)21)18-13(19)10-2-3-11(16)12(17)8-10/h2-3,8-9H,4-7H2,1H3,(H,18,19)(H,20,21). The Labute approximate surface area is 133 Å². The van der Waals surface area contributed by atoms with Crippen LogP contribution in [0.2, 0.25) is 10.0 Å². The van der Waals surface area contributed by atoms with Crippen LogP contribution in [0.3, 0.4) is 0 Å². The summed E-state index contributed by atoms with van der Waals surface area (Å²) >= 11 is 11.7. The molecule has 0 aliphatic heterocycles. The third-order valence-corrected chi connectivity index (χ3v) is 4.81. The monoisotopic (exact) mass is 329 g/mol. The lowest BCUT2D eigenvalue weighted by molar-refractivity contribution is -0.146. The van der Waals surface area contributed by atoms with Crippen LogP contribution in [-0.4, -0.2) is 22.5 Å². The number of hydrogen-bond donors (Lipinski definition) is 2. The molecule has 1 saturated carbocycles. The summed E-state index contributed by atoms with van der Waals surface area (Å²) in [6, 6.07) is 4.50. The molecule has 1 aliphatic carbocycles. The van der Waals surface area contributed by atoms with Gasteiger partial charge in [0.05, 0.1) is 10.0 Å². The zero-order valence-corrected chi connectivity index (χ0v) is 13.2. The van der Waals surface area contributed by atoms with Crippen molar-refractivity contribution in [2.75, 3.05) is 0 Å². The summed E-state index contributed by atoms with van der Waals surface area (Å²) < 4.78 is 0. The molecule has 0 saturated heterocycles. The molecule has 4 nitrogen and oxygen atoms in total. The van der Waals surface area contributed by atoms with Crippen molar-refractivity contribution in [3.63, 3.8) is 0 Å². The van der Waals surface area contributed by atoms with Gasteiger partial charge in [-0.05, 0) is 49.8 Å². The summed E-state index contributed by atoms with van der Waals surface area (Å²) in [4.78, 5) is 23.9. The molecule has 0 atom stereocenters. The molecule has 0 unspecified atom stereocenters. The number of aliphatic carboxylic acids is 1. The zero-order chi connectivity index (χ0) is 15.6. The molecule has 0 heterocycles. The van der Waals surface area contributed by atoms with Crippen molar-refractivity contribution < 1.29 is 14.7 Å². The van der Waals surface area contributed by atoms with Gasteiger partial charge < -0.3 is 10.4 Å². The van der Waals surface area contributed by atoms with Crippen molar-refractivity contribution in [3.05, 3.63) is 33.8 Å². The predicted molar refractivity (Wildman–Crippen MR) is 81.9 cm³/mol. The Morgan fingerprint density at radius 1 is 1.24 bits per heavy atom. The van der Waals surface area contributed by atoms with E-state index in [1.54, 1.807) is 0 Å². The number of halogens is 2. The fourth-order valence-corrected chi connectivity index (χ4v) is 2.87. The van der Waals surface area contributed by atoms with Gasteiger partial charge in [-0.2, -0.15) is 0 Å². The fourth-order valence-electron chi connectivity index (χ4n) is 2.57. The van der Waals surface area contributed by atoms with Gasteiger partial charge in [-0.25, -0.2) is 4.79 Å². The molecular weight excluding hydrogens is 313 g/mol. The second kappa shape index (κ2) is 6.24. The minimum Gasteiger partial charge on any atom is -0.480 e. The maximum atomic E-state index is 12.3. The van der Waals surface area contributed by atoms with Gasteiger partial charge in [-0.1, -0.05) is 30.1 Å². The van der Waals surface area contributed by atoms with Gasteiger partial charge in [0, 0.05) is 5.56 Å². The first kappa shape index (κ1) is 16.1. The highest BCUT2D eigenvalue weighted by Gasteiger charge is 2.42. The fraction of sp³-hybridized carbons (Fsp3) is 0.467. The lowest BCUT2D eigenvalue weighted by Gasteiger charge is -2.36. The van der Waals surface area contributed by atoms with Gasteiger partial charge in [-0.15, -0.1) is 0 Å². The minimum atomic E-state index is -1.18. The summed E-state index contributed by atoms with van der Waals surface area (Å²) in [5.41, 5.74) is -0.876. The van der Waals surface area contributed by atoms with Crippen molar-refractivity contribution in [2.45, 2.75) is 38.1 Å². The molecule has 6 heteroatoms. The number of amides is 1. The van der Waals surface area contributed by atoms with Gasteiger partial charge in [0.1, 0.15) is 5.54 Å². The number of rotatable bonds is 3. The Morgan fingerprint density at radius 3 is 2.38 bits per heavy atom. The van der Waals surface area contributed by atoms with Crippen LogP contribution in [0.4, 0.5) is 0 Å². The van der Waals surface area contributed by atoms with E-state index in [9.17, 15) is 14.7 Å². The van der Waals surface area contributed by atoms with E-state index in [4.69, 9.17) is 23.2 Å². The third-order valence-electron chi connectivity index (χ3n) is 4.07. The smallest absolute Gasteiger partial charge is 0.329 e. The molecule has 0 radical (unpaired) electrons. The van der Waals surface area contributed by atoms with Gasteiger partial charge in [0.15, 0.2) is 0 Å². The first-order valence-electron chi connectivity index (χ1n) is 6.85. The molecule has 1 aromatic rings. The van der Waals surface area contributed by atoms with Crippen molar-refractivity contribution in [1.82, 2.24) is 5.32 Å². The van der Waals surface area contributed by atoms with E-state index in [0.717, 1.165) is 12.8 Å². The Morgan fingerprint density at radius 2 is 1.86 bits per heavy atom. The average molecular weight is 330 g/mol. The molecule has 0 bridgehead atoms. The molecule has 21 heavy (non-hydrogen) atoms. The number of hydrogen-bond acceptors (Lipinski definition) is 2. The summed E-state index contributed by atoms with van der Waals surface area (Å²) in [6.45, 7) is 2.09. The van der Waals surface area contributed by atoms with Crippen LogP contribution in [-0.2, 0) is 4.79 Å². The average Bonchev–Trinajstić information content (AvgIpc) is 2.44. The molecule has 1 amide bonds. The van der Waals surface area contributed by atoms with Crippen LogP contribution >= 0.6 is 23.2 Å². The van der Waals surface area contributed by atoms with Crippen LogP contribution in [0.5, 0.6) is 0 Å². The number of benzene rings is 1. The Kier molecular flexibility index (Phi) is 4.79. The topological polar surface area (TPSA) is 66.4 Å². The van der Waals surface area contributed by atoms with Crippen molar-refractivity contribution in [3.8, 4) is 0 Å². The van der Waals surface area contributed by atoms with Gasteiger partial charge >= 0.3 is 5.97 Å². The van der Waals surface area contributed by atoms with E-state index in [1.165, 1.54) is 18.2 Å². The minimum absolute atomic E-state index is 0.269. The summed E-state index contributed by atoms with van der Waals surface area (Å²) in [6.07, 6.45) is 2.45. The SMILES string of the molecule is CC1CCC(NC(=O)c2ccc(Cl)c(Cl)c2)(C(=O)O)CC1. The maximum absolute atomic E-state index is 12.3. The summed E-state index contributed by atoms with van der Waals surface area (Å²) in [7, 11) is 0. The van der Waals surface area contributed by atoms with E-state index in [2.05, 4.69) is 12.2 Å². The van der Waals surface area contributed by atoms with Crippen LogP contribution in [0, 0.1) is 5.92 Å². The van der Waals surface area contributed by atoms with Gasteiger partial charge in [0.25, 0.3) is 5.91 Å². The summed E-state index contributed by atoms with van der Waals surface area (Å²) in [5, 5.41) is 12.8. The van der Waals surface area contributed by atoms with Crippen LogP contribution in [0.15, 0.2) is 18.2 Å². The number of carbonyl (C=O) groups excluding carboxylic acids is 1. The van der Waals surface area contributed by atoms with Crippen molar-refractivity contribution in [2.24, 2.45) is 5.92 Å². The quantitative estimate of drug-likeness (QED) is 0.887. The lowest BCUT2D eigenvalue weighted by atomic mass is 9.77. The van der Waals surface area contributed by atoms with Crippen molar-refractivity contribution >= 4 is 35.1 Å². The molecule has 1 aromatic carbocycles. The first-order valence-corrected chi connectivity index (χ1v) is 7.60. The van der Waals surface area contributed by atoms with E-state index >= 15 is 0 Å². The first-order chi connectivity index (χ1) is 9.84. The largest absolute Gasteiger partial charge is 0.480 e. The molecule has 1 fully saturated rings. The van der Waals surface area contributed by atoms with E-state index in [0.29, 0.717) is 29.3 Å². The van der Waals surface area contributed by atoms with E-state index in [-0.39, 0.29) is 5.02 Å². The molecule has 114 valence electrons. The zero-order valence-electron chi connectivity index (χ0n) is 11.7. The van der Waals surface area contributed by atoms with Crippen LogP contribution in [0.1, 0.15) is 43.0 Å². The molecular formula is C15H17Cl2NO3. The Bertz CT molecular complexity index is 566. The highest BCUT2D eigenvalue weighted by atomic mass is 35.5. The second-order valence-corrected chi connectivity index (χ2v) is 6.47. The van der Waals surface area contributed by atoms with E-state index in [1.807, 2.05) is 0 Å².